The summed E-state index contributed by atoms with van der Waals surface area (Å²) >= 11 is 0. The molecule has 1 aromatic rings. The maximum Gasteiger partial charge on any atom is 0.245 e. The topological polar surface area (TPSA) is 46.6 Å². The Morgan fingerprint density at radius 1 is 1.42 bits per heavy atom. The SMILES string of the molecule is CN(C[C@@H]1CCOC1)S(=O)(=O)c1cc(F)ccc1F. The Morgan fingerprint density at radius 3 is 2.79 bits per heavy atom. The maximum absolute atomic E-state index is 13.5. The van der Waals surface area contributed by atoms with E-state index in [9.17, 15) is 17.2 Å². The Bertz CT molecular complexity index is 556. The van der Waals surface area contributed by atoms with Gasteiger partial charge in [0.05, 0.1) is 6.61 Å². The molecule has 0 unspecified atom stereocenters. The van der Waals surface area contributed by atoms with Gasteiger partial charge in [0, 0.05) is 20.2 Å². The fraction of sp³-hybridized carbons (Fsp3) is 0.500. The summed E-state index contributed by atoms with van der Waals surface area (Å²) in [5.74, 6) is -1.63. The summed E-state index contributed by atoms with van der Waals surface area (Å²) in [5.41, 5.74) is 0. The molecular formula is C12H15F2NO3S. The van der Waals surface area contributed by atoms with Crippen LogP contribution in [0.3, 0.4) is 0 Å². The number of sulfonamides is 1. The van der Waals surface area contributed by atoms with E-state index in [1.165, 1.54) is 7.05 Å². The predicted octanol–water partition coefficient (Wildman–Crippen LogP) is 1.62. The van der Waals surface area contributed by atoms with Crippen molar-refractivity contribution in [3.63, 3.8) is 0 Å². The lowest BCUT2D eigenvalue weighted by atomic mass is 10.1. The second-order valence-electron chi connectivity index (χ2n) is 4.59. The maximum atomic E-state index is 13.5. The lowest BCUT2D eigenvalue weighted by Gasteiger charge is -2.20. The first-order valence-corrected chi connectivity index (χ1v) is 7.34. The Labute approximate surface area is 111 Å². The first-order chi connectivity index (χ1) is 8.91. The van der Waals surface area contributed by atoms with Crippen LogP contribution in [0.4, 0.5) is 8.78 Å². The van der Waals surface area contributed by atoms with E-state index < -0.39 is 26.6 Å². The molecule has 7 heteroatoms. The van der Waals surface area contributed by atoms with Crippen molar-refractivity contribution in [2.45, 2.75) is 11.3 Å². The zero-order valence-electron chi connectivity index (χ0n) is 10.5. The number of ether oxygens (including phenoxy) is 1. The van der Waals surface area contributed by atoms with E-state index in [1.54, 1.807) is 0 Å². The molecule has 1 heterocycles. The molecule has 0 N–H and O–H groups in total. The first-order valence-electron chi connectivity index (χ1n) is 5.90. The molecule has 106 valence electrons. The Kier molecular flexibility index (Phi) is 4.17. The summed E-state index contributed by atoms with van der Waals surface area (Å²) < 4.78 is 57.2. The zero-order valence-corrected chi connectivity index (χ0v) is 11.3. The lowest BCUT2D eigenvalue weighted by Crippen LogP contribution is -2.32. The average molecular weight is 291 g/mol. The van der Waals surface area contributed by atoms with Gasteiger partial charge in [-0.15, -0.1) is 0 Å². The fourth-order valence-electron chi connectivity index (χ4n) is 2.03. The lowest BCUT2D eigenvalue weighted by molar-refractivity contribution is 0.182. The summed E-state index contributed by atoms with van der Waals surface area (Å²) in [7, 11) is -2.66. The van der Waals surface area contributed by atoms with E-state index in [0.29, 0.717) is 19.3 Å². The van der Waals surface area contributed by atoms with Crippen LogP contribution in [0.1, 0.15) is 6.42 Å². The Hall–Kier alpha value is -1.05. The minimum absolute atomic E-state index is 0.0939. The summed E-state index contributed by atoms with van der Waals surface area (Å²) in [4.78, 5) is -0.631. The third kappa shape index (κ3) is 3.10. The van der Waals surface area contributed by atoms with Gasteiger partial charge in [0.2, 0.25) is 10.0 Å². The molecule has 1 aliphatic rings. The van der Waals surface area contributed by atoms with E-state index in [-0.39, 0.29) is 12.5 Å². The molecule has 1 aliphatic heterocycles. The Morgan fingerprint density at radius 2 is 2.16 bits per heavy atom. The molecule has 0 aromatic heterocycles. The van der Waals surface area contributed by atoms with Crippen molar-refractivity contribution in [2.75, 3.05) is 26.8 Å². The molecule has 1 fully saturated rings. The quantitative estimate of drug-likeness (QED) is 0.847. The minimum atomic E-state index is -4.02. The van der Waals surface area contributed by atoms with Crippen molar-refractivity contribution in [2.24, 2.45) is 5.92 Å². The van der Waals surface area contributed by atoms with E-state index in [4.69, 9.17) is 4.74 Å². The van der Waals surface area contributed by atoms with Gasteiger partial charge >= 0.3 is 0 Å². The van der Waals surface area contributed by atoms with Gasteiger partial charge in [-0.2, -0.15) is 0 Å². The number of halogens is 2. The van der Waals surface area contributed by atoms with Crippen molar-refractivity contribution >= 4 is 10.0 Å². The monoisotopic (exact) mass is 291 g/mol. The van der Waals surface area contributed by atoms with Crippen molar-refractivity contribution in [1.82, 2.24) is 4.31 Å². The summed E-state index contributed by atoms with van der Waals surface area (Å²) in [6, 6.07) is 2.40. The summed E-state index contributed by atoms with van der Waals surface area (Å²) in [6.07, 6.45) is 0.769. The molecule has 2 rings (SSSR count). The normalized spacial score (nSPS) is 20.1. The molecular weight excluding hydrogens is 276 g/mol. The largest absolute Gasteiger partial charge is 0.381 e. The average Bonchev–Trinajstić information content (AvgIpc) is 2.85. The molecule has 1 saturated heterocycles. The van der Waals surface area contributed by atoms with Gasteiger partial charge in [-0.3, -0.25) is 0 Å². The van der Waals surface area contributed by atoms with Crippen LogP contribution in [-0.4, -0.2) is 39.5 Å². The molecule has 0 saturated carbocycles. The molecule has 4 nitrogen and oxygen atoms in total. The van der Waals surface area contributed by atoms with Crippen molar-refractivity contribution in [1.29, 1.82) is 0 Å². The van der Waals surface area contributed by atoms with Gasteiger partial charge in [0.15, 0.2) is 0 Å². The number of nitrogens with zero attached hydrogens (tertiary/aromatic N) is 1. The highest BCUT2D eigenvalue weighted by Crippen LogP contribution is 2.22. The summed E-state index contributed by atoms with van der Waals surface area (Å²) in [5, 5.41) is 0. The van der Waals surface area contributed by atoms with Crippen LogP contribution >= 0.6 is 0 Å². The van der Waals surface area contributed by atoms with Gasteiger partial charge in [0.25, 0.3) is 0 Å². The number of rotatable bonds is 4. The van der Waals surface area contributed by atoms with Crippen LogP contribution in [0.2, 0.25) is 0 Å². The van der Waals surface area contributed by atoms with Gasteiger partial charge in [-0.1, -0.05) is 0 Å². The van der Waals surface area contributed by atoms with Gasteiger partial charge < -0.3 is 4.74 Å². The molecule has 0 bridgehead atoms. The van der Waals surface area contributed by atoms with Crippen LogP contribution in [-0.2, 0) is 14.8 Å². The first kappa shape index (κ1) is 14.4. The number of hydrogen-bond donors (Lipinski definition) is 0. The molecule has 0 spiro atoms. The number of benzene rings is 1. The van der Waals surface area contributed by atoms with Crippen LogP contribution in [0.5, 0.6) is 0 Å². The zero-order chi connectivity index (χ0) is 14.0. The smallest absolute Gasteiger partial charge is 0.245 e. The standard InChI is InChI=1S/C12H15F2NO3S/c1-15(7-9-4-5-18-8-9)19(16,17)12-6-10(13)2-3-11(12)14/h2-3,6,9H,4-5,7-8H2,1H3/t9-/m0/s1. The van der Waals surface area contributed by atoms with Crippen molar-refractivity contribution < 1.29 is 21.9 Å². The minimum Gasteiger partial charge on any atom is -0.381 e. The van der Waals surface area contributed by atoms with E-state index >= 15 is 0 Å². The van der Waals surface area contributed by atoms with Crippen LogP contribution in [0, 0.1) is 17.6 Å². The highest BCUT2D eigenvalue weighted by molar-refractivity contribution is 7.89. The highest BCUT2D eigenvalue weighted by atomic mass is 32.2. The predicted molar refractivity (Wildman–Crippen MR) is 65.1 cm³/mol. The second kappa shape index (κ2) is 5.52. The molecule has 0 aliphatic carbocycles. The van der Waals surface area contributed by atoms with Crippen LogP contribution in [0.25, 0.3) is 0 Å². The van der Waals surface area contributed by atoms with Crippen molar-refractivity contribution in [3.8, 4) is 0 Å². The number of hydrogen-bond acceptors (Lipinski definition) is 3. The van der Waals surface area contributed by atoms with E-state index in [2.05, 4.69) is 0 Å². The highest BCUT2D eigenvalue weighted by Gasteiger charge is 2.28. The molecule has 19 heavy (non-hydrogen) atoms. The molecule has 0 amide bonds. The third-order valence-corrected chi connectivity index (χ3v) is 4.96. The third-order valence-electron chi connectivity index (χ3n) is 3.12. The van der Waals surface area contributed by atoms with Crippen LogP contribution in [0.15, 0.2) is 23.1 Å². The molecule has 1 atom stereocenters. The van der Waals surface area contributed by atoms with E-state index in [1.807, 2.05) is 0 Å². The summed E-state index contributed by atoms with van der Waals surface area (Å²) in [6.45, 7) is 1.33. The van der Waals surface area contributed by atoms with Gasteiger partial charge in [-0.25, -0.2) is 21.5 Å². The molecule has 0 radical (unpaired) electrons. The molecule has 1 aromatic carbocycles. The Balaban J connectivity index is 2.22. The van der Waals surface area contributed by atoms with Gasteiger partial charge in [0.1, 0.15) is 16.5 Å². The van der Waals surface area contributed by atoms with Gasteiger partial charge in [-0.05, 0) is 30.5 Å². The van der Waals surface area contributed by atoms with Crippen LogP contribution < -0.4 is 0 Å². The van der Waals surface area contributed by atoms with E-state index in [0.717, 1.165) is 22.9 Å². The second-order valence-corrected chi connectivity index (χ2v) is 6.60. The fourth-order valence-corrected chi connectivity index (χ4v) is 3.35. The van der Waals surface area contributed by atoms with Crippen molar-refractivity contribution in [3.05, 3.63) is 29.8 Å².